The van der Waals surface area contributed by atoms with E-state index in [9.17, 15) is 5.11 Å². The van der Waals surface area contributed by atoms with Crippen LogP contribution in [0.1, 0.15) is 24.8 Å². The Balaban J connectivity index is 1.84. The van der Waals surface area contributed by atoms with Crippen LogP contribution in [0.25, 0.3) is 0 Å². The van der Waals surface area contributed by atoms with Crippen LogP contribution in [0.5, 0.6) is 0 Å². The number of hydrogen-bond donors (Lipinski definition) is 1. The molecule has 1 fully saturated rings. The van der Waals surface area contributed by atoms with Crippen LogP contribution in [0.4, 0.5) is 0 Å². The van der Waals surface area contributed by atoms with Gasteiger partial charge in [-0.2, -0.15) is 0 Å². The summed E-state index contributed by atoms with van der Waals surface area (Å²) in [5, 5.41) is 9.32. The first-order chi connectivity index (χ1) is 7.90. The third kappa shape index (κ3) is 3.06. The monoisotopic (exact) mass is 219 g/mol. The van der Waals surface area contributed by atoms with Crippen molar-refractivity contribution in [2.24, 2.45) is 0 Å². The van der Waals surface area contributed by atoms with E-state index in [-0.39, 0.29) is 0 Å². The minimum Gasteiger partial charge on any atom is -0.395 e. The van der Waals surface area contributed by atoms with Crippen molar-refractivity contribution in [3.8, 4) is 0 Å². The summed E-state index contributed by atoms with van der Waals surface area (Å²) >= 11 is 0. The normalized spacial score (nSPS) is 22.2. The van der Waals surface area contributed by atoms with Gasteiger partial charge in [-0.1, -0.05) is 36.8 Å². The summed E-state index contributed by atoms with van der Waals surface area (Å²) in [5.74, 6) is 0. The molecule has 0 bridgehead atoms. The van der Waals surface area contributed by atoms with Crippen LogP contribution in [0, 0.1) is 0 Å². The van der Waals surface area contributed by atoms with E-state index in [2.05, 4.69) is 35.2 Å². The molecule has 1 aliphatic rings. The van der Waals surface area contributed by atoms with Crippen molar-refractivity contribution in [1.29, 1.82) is 0 Å². The summed E-state index contributed by atoms with van der Waals surface area (Å²) < 4.78 is 0. The van der Waals surface area contributed by atoms with Gasteiger partial charge in [-0.15, -0.1) is 0 Å². The minimum absolute atomic E-state index is 0.314. The van der Waals surface area contributed by atoms with Crippen molar-refractivity contribution in [3.05, 3.63) is 35.9 Å². The highest BCUT2D eigenvalue weighted by atomic mass is 16.3. The molecule has 0 aromatic heterocycles. The largest absolute Gasteiger partial charge is 0.395 e. The molecule has 1 saturated heterocycles. The third-order valence-electron chi connectivity index (χ3n) is 3.49. The van der Waals surface area contributed by atoms with E-state index < -0.39 is 0 Å². The van der Waals surface area contributed by atoms with E-state index in [0.29, 0.717) is 12.6 Å². The van der Waals surface area contributed by atoms with E-state index in [4.69, 9.17) is 0 Å². The van der Waals surface area contributed by atoms with Crippen molar-refractivity contribution in [3.63, 3.8) is 0 Å². The van der Waals surface area contributed by atoms with E-state index in [1.807, 2.05) is 0 Å². The Labute approximate surface area is 97.9 Å². The van der Waals surface area contributed by atoms with E-state index in [0.717, 1.165) is 25.9 Å². The Hall–Kier alpha value is -0.860. The first-order valence-electron chi connectivity index (χ1n) is 6.29. The summed E-state index contributed by atoms with van der Waals surface area (Å²) in [4.78, 5) is 2.44. The van der Waals surface area contributed by atoms with Crippen LogP contribution < -0.4 is 0 Å². The molecule has 88 valence electrons. The molecule has 0 saturated carbocycles. The zero-order valence-corrected chi connectivity index (χ0v) is 9.81. The SMILES string of the molecule is OC[C@@H]1CCCCN1CCc1ccccc1. The smallest absolute Gasteiger partial charge is 0.0586 e. The maximum atomic E-state index is 9.32. The van der Waals surface area contributed by atoms with E-state index in [1.54, 1.807) is 0 Å². The van der Waals surface area contributed by atoms with Crippen molar-refractivity contribution < 1.29 is 5.11 Å². The zero-order chi connectivity index (χ0) is 11.2. The lowest BCUT2D eigenvalue weighted by Crippen LogP contribution is -2.42. The van der Waals surface area contributed by atoms with Crippen LogP contribution in [0.15, 0.2) is 30.3 Å². The minimum atomic E-state index is 0.314. The number of likely N-dealkylation sites (tertiary alicyclic amines) is 1. The topological polar surface area (TPSA) is 23.5 Å². The van der Waals surface area contributed by atoms with E-state index in [1.165, 1.54) is 18.4 Å². The van der Waals surface area contributed by atoms with Gasteiger partial charge in [0.15, 0.2) is 0 Å². The zero-order valence-electron chi connectivity index (χ0n) is 9.81. The van der Waals surface area contributed by atoms with Crippen molar-refractivity contribution in [2.45, 2.75) is 31.7 Å². The second-order valence-electron chi connectivity index (χ2n) is 4.60. The standard InChI is InChI=1S/C14H21NO/c16-12-14-8-4-5-10-15(14)11-9-13-6-2-1-3-7-13/h1-3,6-7,14,16H,4-5,8-12H2/t14-/m0/s1. The molecule has 1 heterocycles. The molecule has 0 amide bonds. The van der Waals surface area contributed by atoms with Crippen molar-refractivity contribution in [1.82, 2.24) is 4.90 Å². The molecule has 0 aliphatic carbocycles. The fraction of sp³-hybridized carbons (Fsp3) is 0.571. The lowest BCUT2D eigenvalue weighted by atomic mass is 10.0. The summed E-state index contributed by atoms with van der Waals surface area (Å²) in [5.41, 5.74) is 1.39. The summed E-state index contributed by atoms with van der Waals surface area (Å²) in [6.07, 6.45) is 4.81. The first kappa shape index (κ1) is 11.6. The number of aliphatic hydroxyl groups excluding tert-OH is 1. The fourth-order valence-electron chi connectivity index (χ4n) is 2.48. The predicted molar refractivity (Wildman–Crippen MR) is 66.4 cm³/mol. The molecule has 1 atom stereocenters. The van der Waals surface area contributed by atoms with Gasteiger partial charge in [0.2, 0.25) is 0 Å². The average molecular weight is 219 g/mol. The van der Waals surface area contributed by atoms with Gasteiger partial charge >= 0.3 is 0 Å². The Morgan fingerprint density at radius 2 is 2.00 bits per heavy atom. The van der Waals surface area contributed by atoms with Gasteiger partial charge in [-0.05, 0) is 31.4 Å². The number of piperidine rings is 1. The maximum absolute atomic E-state index is 9.32. The predicted octanol–water partition coefficient (Wildman–Crippen LogP) is 2.08. The number of rotatable bonds is 4. The molecule has 1 aromatic rings. The lowest BCUT2D eigenvalue weighted by Gasteiger charge is -2.34. The van der Waals surface area contributed by atoms with Gasteiger partial charge in [0, 0.05) is 12.6 Å². The number of benzene rings is 1. The van der Waals surface area contributed by atoms with Gasteiger partial charge in [0.05, 0.1) is 6.61 Å². The second kappa shape index (κ2) is 6.02. The van der Waals surface area contributed by atoms with Gasteiger partial charge in [0.1, 0.15) is 0 Å². The molecule has 1 aromatic carbocycles. The van der Waals surface area contributed by atoms with Crippen LogP contribution >= 0.6 is 0 Å². The van der Waals surface area contributed by atoms with Gasteiger partial charge in [0.25, 0.3) is 0 Å². The summed E-state index contributed by atoms with van der Waals surface area (Å²) in [6.45, 7) is 2.54. The Bertz CT molecular complexity index is 299. The Kier molecular flexibility index (Phi) is 4.37. The van der Waals surface area contributed by atoms with Crippen LogP contribution in [0.2, 0.25) is 0 Å². The van der Waals surface area contributed by atoms with Crippen LogP contribution in [-0.2, 0) is 6.42 Å². The Morgan fingerprint density at radius 3 is 2.75 bits per heavy atom. The van der Waals surface area contributed by atoms with Crippen LogP contribution in [0.3, 0.4) is 0 Å². The molecule has 2 rings (SSSR count). The third-order valence-corrected chi connectivity index (χ3v) is 3.49. The van der Waals surface area contributed by atoms with Crippen molar-refractivity contribution in [2.75, 3.05) is 19.7 Å². The number of aliphatic hydroxyl groups is 1. The van der Waals surface area contributed by atoms with Gasteiger partial charge < -0.3 is 5.11 Å². The molecule has 0 unspecified atom stereocenters. The molecular weight excluding hydrogens is 198 g/mol. The van der Waals surface area contributed by atoms with Crippen molar-refractivity contribution >= 4 is 0 Å². The second-order valence-corrected chi connectivity index (χ2v) is 4.60. The van der Waals surface area contributed by atoms with Gasteiger partial charge in [-0.25, -0.2) is 0 Å². The summed E-state index contributed by atoms with van der Waals surface area (Å²) in [7, 11) is 0. The molecule has 2 heteroatoms. The number of nitrogens with zero attached hydrogens (tertiary/aromatic N) is 1. The lowest BCUT2D eigenvalue weighted by molar-refractivity contribution is 0.0913. The molecule has 0 spiro atoms. The molecule has 1 aliphatic heterocycles. The summed E-state index contributed by atoms with van der Waals surface area (Å²) in [6, 6.07) is 11.0. The number of hydrogen-bond acceptors (Lipinski definition) is 2. The van der Waals surface area contributed by atoms with Crippen LogP contribution in [-0.4, -0.2) is 35.7 Å². The Morgan fingerprint density at radius 1 is 1.19 bits per heavy atom. The highest BCUT2D eigenvalue weighted by Crippen LogP contribution is 2.16. The van der Waals surface area contributed by atoms with Gasteiger partial charge in [-0.3, -0.25) is 4.90 Å². The first-order valence-corrected chi connectivity index (χ1v) is 6.29. The molecule has 0 radical (unpaired) electrons. The molecule has 2 nitrogen and oxygen atoms in total. The highest BCUT2D eigenvalue weighted by Gasteiger charge is 2.20. The van der Waals surface area contributed by atoms with E-state index >= 15 is 0 Å². The fourth-order valence-corrected chi connectivity index (χ4v) is 2.48. The average Bonchev–Trinajstić information content (AvgIpc) is 2.38. The molecule has 1 N–H and O–H groups in total. The highest BCUT2D eigenvalue weighted by molar-refractivity contribution is 5.14. The molecule has 16 heavy (non-hydrogen) atoms. The molecular formula is C14H21NO. The maximum Gasteiger partial charge on any atom is 0.0586 e. The quantitative estimate of drug-likeness (QED) is 0.838.